The first-order chi connectivity index (χ1) is 9.45. The zero-order valence-electron chi connectivity index (χ0n) is 12.9. The van der Waals surface area contributed by atoms with Crippen LogP contribution in [0.25, 0.3) is 0 Å². The van der Waals surface area contributed by atoms with E-state index in [1.807, 2.05) is 0 Å². The first-order valence-electron chi connectivity index (χ1n) is 7.87. The normalized spacial score (nSPS) is 13.9. The molecule has 20 heavy (non-hydrogen) atoms. The fourth-order valence-electron chi connectivity index (χ4n) is 2.20. The summed E-state index contributed by atoms with van der Waals surface area (Å²) >= 11 is 0. The molecule has 4 heteroatoms. The highest BCUT2D eigenvalue weighted by Crippen LogP contribution is 2.14. The minimum absolute atomic E-state index is 0.333. The third kappa shape index (κ3) is 10.8. The second kappa shape index (κ2) is 11.7. The van der Waals surface area contributed by atoms with Gasteiger partial charge in [0.15, 0.2) is 0 Å². The van der Waals surface area contributed by atoms with Gasteiger partial charge in [0.2, 0.25) is 0 Å². The van der Waals surface area contributed by atoms with Crippen LogP contribution in [0.5, 0.6) is 0 Å². The van der Waals surface area contributed by atoms with Crippen LogP contribution in [0.15, 0.2) is 0 Å². The topological polar surface area (TPSA) is 80.3 Å². The zero-order chi connectivity index (χ0) is 15.4. The van der Waals surface area contributed by atoms with Crippen molar-refractivity contribution in [2.45, 2.75) is 78.1 Å². The van der Waals surface area contributed by atoms with Crippen LogP contribution in [0.1, 0.15) is 78.1 Å². The van der Waals surface area contributed by atoms with Crippen molar-refractivity contribution in [3.8, 4) is 0 Å². The van der Waals surface area contributed by atoms with Crippen molar-refractivity contribution in [1.29, 1.82) is 0 Å². The predicted molar refractivity (Wildman–Crippen MR) is 74.5 cm³/mol. The standard InChI is InChI=1S/C16H30O4/c1-13(15(17)18)11-9-7-5-3-4-6-8-10-12-14(2)16(19)20/h13-14H,3-12H2,1-2H3,(H,17,18)(H,19,20)/p-2/t13-,14-/m0/s1. The molecule has 118 valence electrons. The molecule has 0 aromatic heterocycles. The van der Waals surface area contributed by atoms with Crippen LogP contribution in [-0.2, 0) is 9.59 Å². The van der Waals surface area contributed by atoms with Crippen LogP contribution in [0.4, 0.5) is 0 Å². The molecular weight excluding hydrogens is 256 g/mol. The number of carboxylic acids is 2. The van der Waals surface area contributed by atoms with Crippen LogP contribution in [0, 0.1) is 11.8 Å². The highest BCUT2D eigenvalue weighted by molar-refractivity contribution is 5.67. The Balaban J connectivity index is 3.21. The molecule has 0 bridgehead atoms. The van der Waals surface area contributed by atoms with Crippen molar-refractivity contribution in [2.75, 3.05) is 0 Å². The molecule has 0 spiro atoms. The summed E-state index contributed by atoms with van der Waals surface area (Å²) in [6.07, 6.45) is 10.2. The van der Waals surface area contributed by atoms with Gasteiger partial charge in [-0.3, -0.25) is 0 Å². The van der Waals surface area contributed by atoms with Gasteiger partial charge in [0.25, 0.3) is 0 Å². The number of aliphatic carboxylic acids is 2. The number of unbranched alkanes of at least 4 members (excludes halogenated alkanes) is 7. The van der Waals surface area contributed by atoms with E-state index in [-0.39, 0.29) is 11.8 Å². The maximum atomic E-state index is 10.5. The number of carboxylic acid groups (broad SMARTS) is 2. The lowest BCUT2D eigenvalue weighted by molar-refractivity contribution is -0.312. The Labute approximate surface area is 122 Å². The van der Waals surface area contributed by atoms with E-state index in [9.17, 15) is 19.8 Å². The molecular formula is C16H28O4-2. The molecule has 0 radical (unpaired) electrons. The molecule has 0 aromatic carbocycles. The average molecular weight is 284 g/mol. The van der Waals surface area contributed by atoms with Crippen molar-refractivity contribution in [1.82, 2.24) is 0 Å². The lowest BCUT2D eigenvalue weighted by atomic mass is 10.0. The summed E-state index contributed by atoms with van der Waals surface area (Å²) in [6, 6.07) is 0. The molecule has 0 fully saturated rings. The molecule has 2 atom stereocenters. The Bertz CT molecular complexity index is 248. The van der Waals surface area contributed by atoms with Gasteiger partial charge < -0.3 is 19.8 Å². The van der Waals surface area contributed by atoms with E-state index in [2.05, 4.69) is 0 Å². The molecule has 0 aliphatic carbocycles. The molecule has 0 amide bonds. The fourth-order valence-corrected chi connectivity index (χ4v) is 2.20. The first-order valence-corrected chi connectivity index (χ1v) is 7.87. The highest BCUT2D eigenvalue weighted by Gasteiger charge is 2.03. The average Bonchev–Trinajstić information content (AvgIpc) is 2.39. The fraction of sp³-hybridized carbons (Fsp3) is 0.875. The highest BCUT2D eigenvalue weighted by atomic mass is 16.4. The third-order valence-corrected chi connectivity index (χ3v) is 3.83. The zero-order valence-corrected chi connectivity index (χ0v) is 12.9. The van der Waals surface area contributed by atoms with Gasteiger partial charge >= 0.3 is 0 Å². The molecule has 0 rings (SSSR count). The van der Waals surface area contributed by atoms with Gasteiger partial charge in [-0.1, -0.05) is 65.2 Å². The van der Waals surface area contributed by atoms with Gasteiger partial charge in [-0.2, -0.15) is 0 Å². The molecule has 0 saturated carbocycles. The Hall–Kier alpha value is -1.06. The minimum Gasteiger partial charge on any atom is -0.550 e. The lowest BCUT2D eigenvalue weighted by Crippen LogP contribution is -2.29. The summed E-state index contributed by atoms with van der Waals surface area (Å²) in [5.74, 6) is -2.56. The Morgan fingerprint density at radius 1 is 0.650 bits per heavy atom. The molecule has 0 saturated heterocycles. The summed E-state index contributed by atoms with van der Waals surface area (Å²) in [5, 5.41) is 21.0. The van der Waals surface area contributed by atoms with Crippen molar-refractivity contribution < 1.29 is 19.8 Å². The molecule has 0 heterocycles. The maximum absolute atomic E-state index is 10.5. The van der Waals surface area contributed by atoms with Crippen molar-refractivity contribution >= 4 is 11.9 Å². The van der Waals surface area contributed by atoms with Crippen molar-refractivity contribution in [3.05, 3.63) is 0 Å². The largest absolute Gasteiger partial charge is 0.550 e. The SMILES string of the molecule is C[C@@H](CCCCCCCCCC[C@H](C)C(=O)[O-])C(=O)[O-]. The number of carbonyl (C=O) groups excluding carboxylic acids is 2. The Morgan fingerprint density at radius 3 is 1.15 bits per heavy atom. The maximum Gasteiger partial charge on any atom is 0.0442 e. The van der Waals surface area contributed by atoms with E-state index in [1.165, 1.54) is 12.8 Å². The van der Waals surface area contributed by atoms with Crippen LogP contribution >= 0.6 is 0 Å². The quantitative estimate of drug-likeness (QED) is 0.482. The summed E-state index contributed by atoms with van der Waals surface area (Å²) in [5.41, 5.74) is 0. The van der Waals surface area contributed by atoms with Crippen LogP contribution < -0.4 is 10.2 Å². The molecule has 0 aliphatic rings. The Kier molecular flexibility index (Phi) is 11.1. The van der Waals surface area contributed by atoms with E-state index >= 15 is 0 Å². The second-order valence-electron chi connectivity index (χ2n) is 5.85. The third-order valence-electron chi connectivity index (χ3n) is 3.83. The molecule has 0 aliphatic heterocycles. The summed E-state index contributed by atoms with van der Waals surface area (Å²) < 4.78 is 0. The smallest absolute Gasteiger partial charge is 0.0442 e. The number of carbonyl (C=O) groups is 2. The predicted octanol–water partition coefficient (Wildman–Crippen LogP) is 1.66. The Morgan fingerprint density at radius 2 is 0.900 bits per heavy atom. The van der Waals surface area contributed by atoms with E-state index in [4.69, 9.17) is 0 Å². The van der Waals surface area contributed by atoms with E-state index in [0.29, 0.717) is 12.8 Å². The van der Waals surface area contributed by atoms with Gasteiger partial charge in [-0.05, 0) is 24.7 Å². The van der Waals surface area contributed by atoms with E-state index < -0.39 is 11.9 Å². The second-order valence-corrected chi connectivity index (χ2v) is 5.85. The van der Waals surface area contributed by atoms with Gasteiger partial charge in [0.05, 0.1) is 0 Å². The van der Waals surface area contributed by atoms with Gasteiger partial charge in [-0.25, -0.2) is 0 Å². The summed E-state index contributed by atoms with van der Waals surface area (Å²) in [6.45, 7) is 3.39. The van der Waals surface area contributed by atoms with Crippen LogP contribution in [-0.4, -0.2) is 11.9 Å². The van der Waals surface area contributed by atoms with Crippen molar-refractivity contribution in [3.63, 3.8) is 0 Å². The van der Waals surface area contributed by atoms with E-state index in [1.54, 1.807) is 13.8 Å². The number of hydrogen-bond acceptors (Lipinski definition) is 4. The van der Waals surface area contributed by atoms with Gasteiger partial charge in [0, 0.05) is 11.9 Å². The number of rotatable bonds is 13. The first kappa shape index (κ1) is 18.9. The lowest BCUT2D eigenvalue weighted by Gasteiger charge is -2.12. The molecule has 0 aromatic rings. The number of hydrogen-bond donors (Lipinski definition) is 0. The summed E-state index contributed by atoms with van der Waals surface area (Å²) in [7, 11) is 0. The summed E-state index contributed by atoms with van der Waals surface area (Å²) in [4.78, 5) is 21.0. The molecule has 0 N–H and O–H groups in total. The van der Waals surface area contributed by atoms with Gasteiger partial charge in [0.1, 0.15) is 0 Å². The molecule has 0 unspecified atom stereocenters. The van der Waals surface area contributed by atoms with Crippen LogP contribution in [0.3, 0.4) is 0 Å². The molecule has 4 nitrogen and oxygen atoms in total. The van der Waals surface area contributed by atoms with E-state index in [0.717, 1.165) is 38.5 Å². The minimum atomic E-state index is -0.948. The van der Waals surface area contributed by atoms with Crippen molar-refractivity contribution in [2.24, 2.45) is 11.8 Å². The van der Waals surface area contributed by atoms with Gasteiger partial charge in [-0.15, -0.1) is 0 Å². The monoisotopic (exact) mass is 284 g/mol. The van der Waals surface area contributed by atoms with Crippen LogP contribution in [0.2, 0.25) is 0 Å².